The Balaban J connectivity index is 1.42. The third kappa shape index (κ3) is 2.82. The van der Waals surface area contributed by atoms with Gasteiger partial charge in [-0.15, -0.1) is 10.2 Å². The Labute approximate surface area is 160 Å². The molecule has 5 rings (SSSR count). The second-order valence-electron chi connectivity index (χ2n) is 7.50. The number of rotatable bonds is 3. The molecule has 4 atom stereocenters. The van der Waals surface area contributed by atoms with E-state index in [0.29, 0.717) is 28.8 Å². The van der Waals surface area contributed by atoms with Crippen LogP contribution in [-0.2, 0) is 0 Å². The van der Waals surface area contributed by atoms with Crippen LogP contribution >= 0.6 is 0 Å². The zero-order valence-electron chi connectivity index (χ0n) is 15.3. The van der Waals surface area contributed by atoms with Crippen LogP contribution in [0.1, 0.15) is 19.3 Å². The first-order valence-corrected chi connectivity index (χ1v) is 9.36. The molecule has 144 valence electrons. The standard InChI is InChI=1S/C19H20FN7O/c1-27(15-5-11-2-3-13(24-11)18(15)20)17-8-22-19(26-25-17)12-4-10-7-21-9-23-14(10)6-16(12)28/h4,6-9,11,13,15,18,24,28H,2-3,5H2,1H3/t11?,13?,15?,18-/m1/s1. The normalized spacial score (nSPS) is 26.5. The van der Waals surface area contributed by atoms with E-state index >= 15 is 0 Å². The zero-order valence-corrected chi connectivity index (χ0v) is 15.3. The molecule has 2 aliphatic rings. The number of benzene rings is 1. The number of aromatic hydroxyl groups is 1. The SMILES string of the molecule is CN(c1cnc(-c2cc3cncnc3cc2O)nn1)C1CC2CCC(N2)[C@H]1F. The van der Waals surface area contributed by atoms with Gasteiger partial charge in [-0.25, -0.2) is 19.3 Å². The molecular weight excluding hydrogens is 361 g/mol. The summed E-state index contributed by atoms with van der Waals surface area (Å²) in [5, 5.41) is 22.8. The van der Waals surface area contributed by atoms with E-state index in [1.165, 1.54) is 6.33 Å². The van der Waals surface area contributed by atoms with E-state index in [9.17, 15) is 9.50 Å². The van der Waals surface area contributed by atoms with E-state index in [1.807, 2.05) is 11.9 Å². The predicted molar refractivity (Wildman–Crippen MR) is 102 cm³/mol. The van der Waals surface area contributed by atoms with Gasteiger partial charge in [0, 0.05) is 36.8 Å². The summed E-state index contributed by atoms with van der Waals surface area (Å²) in [6.07, 6.45) is 6.35. The van der Waals surface area contributed by atoms with Crippen LogP contribution in [0.2, 0.25) is 0 Å². The molecule has 0 aliphatic carbocycles. The minimum absolute atomic E-state index is 0.0212. The van der Waals surface area contributed by atoms with E-state index in [2.05, 4.69) is 30.5 Å². The molecule has 28 heavy (non-hydrogen) atoms. The van der Waals surface area contributed by atoms with Crippen molar-refractivity contribution >= 4 is 16.7 Å². The number of fused-ring (bicyclic) bond motifs is 3. The third-order valence-corrected chi connectivity index (χ3v) is 5.83. The summed E-state index contributed by atoms with van der Waals surface area (Å²) in [5.41, 5.74) is 1.09. The molecule has 2 N–H and O–H groups in total. The van der Waals surface area contributed by atoms with Crippen molar-refractivity contribution < 1.29 is 9.50 Å². The van der Waals surface area contributed by atoms with Gasteiger partial charge in [0.15, 0.2) is 11.6 Å². The molecule has 2 aromatic heterocycles. The number of nitrogens with one attached hydrogen (secondary N) is 1. The number of nitrogens with zero attached hydrogens (tertiary/aromatic N) is 6. The second kappa shape index (κ2) is 6.59. The maximum Gasteiger partial charge on any atom is 0.185 e. The Morgan fingerprint density at radius 2 is 2.07 bits per heavy atom. The molecule has 2 aliphatic heterocycles. The van der Waals surface area contributed by atoms with Crippen molar-refractivity contribution in [1.29, 1.82) is 0 Å². The first kappa shape index (κ1) is 17.2. The first-order valence-electron chi connectivity index (χ1n) is 9.36. The fourth-order valence-corrected chi connectivity index (χ4v) is 4.27. The summed E-state index contributed by atoms with van der Waals surface area (Å²) in [7, 11) is 1.83. The van der Waals surface area contributed by atoms with Crippen molar-refractivity contribution in [1.82, 2.24) is 30.5 Å². The van der Waals surface area contributed by atoms with Gasteiger partial charge < -0.3 is 15.3 Å². The lowest BCUT2D eigenvalue weighted by Crippen LogP contribution is -2.55. The average molecular weight is 381 g/mol. The van der Waals surface area contributed by atoms with Crippen molar-refractivity contribution in [2.24, 2.45) is 0 Å². The molecule has 0 saturated carbocycles. The Hall–Kier alpha value is -2.94. The second-order valence-corrected chi connectivity index (χ2v) is 7.50. The Morgan fingerprint density at radius 3 is 2.89 bits per heavy atom. The van der Waals surface area contributed by atoms with Gasteiger partial charge in [-0.05, 0) is 25.3 Å². The van der Waals surface area contributed by atoms with Gasteiger partial charge in [0.2, 0.25) is 0 Å². The van der Waals surface area contributed by atoms with Crippen LogP contribution in [-0.4, -0.2) is 61.6 Å². The molecule has 0 spiro atoms. The summed E-state index contributed by atoms with van der Waals surface area (Å²) in [5.74, 6) is 0.830. The number of alkyl halides is 1. The number of piperidine rings is 1. The lowest BCUT2D eigenvalue weighted by molar-refractivity contribution is 0.176. The molecule has 4 heterocycles. The Kier molecular flexibility index (Phi) is 4.04. The van der Waals surface area contributed by atoms with Crippen molar-refractivity contribution in [2.45, 2.75) is 43.6 Å². The molecule has 3 aromatic rings. The molecule has 3 unspecified atom stereocenters. The average Bonchev–Trinajstić information content (AvgIpc) is 3.13. The fourth-order valence-electron chi connectivity index (χ4n) is 4.27. The number of hydrogen-bond donors (Lipinski definition) is 2. The minimum atomic E-state index is -0.949. The molecule has 8 nitrogen and oxygen atoms in total. The van der Waals surface area contributed by atoms with Gasteiger partial charge in [-0.3, -0.25) is 0 Å². The lowest BCUT2D eigenvalue weighted by atomic mass is 9.96. The van der Waals surface area contributed by atoms with Gasteiger partial charge in [0.25, 0.3) is 0 Å². The number of hydrogen-bond acceptors (Lipinski definition) is 8. The van der Waals surface area contributed by atoms with Gasteiger partial charge in [0.1, 0.15) is 18.2 Å². The number of aromatic nitrogens is 5. The highest BCUT2D eigenvalue weighted by Gasteiger charge is 2.43. The van der Waals surface area contributed by atoms with E-state index in [0.717, 1.165) is 24.6 Å². The highest BCUT2D eigenvalue weighted by molar-refractivity contribution is 5.85. The number of phenols is 1. The number of anilines is 1. The van der Waals surface area contributed by atoms with Crippen LogP contribution in [0.3, 0.4) is 0 Å². The first-order chi connectivity index (χ1) is 13.6. The smallest absolute Gasteiger partial charge is 0.185 e. The highest BCUT2D eigenvalue weighted by atomic mass is 19.1. The van der Waals surface area contributed by atoms with Gasteiger partial charge >= 0.3 is 0 Å². The molecule has 2 bridgehead atoms. The summed E-state index contributed by atoms with van der Waals surface area (Å²) in [6.45, 7) is 0. The zero-order chi connectivity index (χ0) is 19.3. The van der Waals surface area contributed by atoms with E-state index in [4.69, 9.17) is 0 Å². The number of phenolic OH excluding ortho intramolecular Hbond substituents is 1. The third-order valence-electron chi connectivity index (χ3n) is 5.83. The molecule has 2 saturated heterocycles. The molecule has 1 aromatic carbocycles. The van der Waals surface area contributed by atoms with Crippen LogP contribution < -0.4 is 10.2 Å². The highest BCUT2D eigenvalue weighted by Crippen LogP contribution is 2.34. The van der Waals surface area contributed by atoms with Gasteiger partial charge in [-0.1, -0.05) is 0 Å². The van der Waals surface area contributed by atoms with E-state index in [1.54, 1.807) is 24.5 Å². The van der Waals surface area contributed by atoms with Crippen LogP contribution in [0.25, 0.3) is 22.3 Å². The predicted octanol–water partition coefficient (Wildman–Crippen LogP) is 1.85. The quantitative estimate of drug-likeness (QED) is 0.709. The maximum absolute atomic E-state index is 14.8. The molecular formula is C19H20FN7O. The molecule has 2 fully saturated rings. The van der Waals surface area contributed by atoms with Crippen LogP contribution in [0.5, 0.6) is 5.75 Å². The largest absolute Gasteiger partial charge is 0.507 e. The maximum atomic E-state index is 14.8. The van der Waals surface area contributed by atoms with Gasteiger partial charge in [0.05, 0.1) is 23.3 Å². The van der Waals surface area contributed by atoms with Crippen molar-refractivity contribution in [3.05, 3.63) is 30.9 Å². The monoisotopic (exact) mass is 381 g/mol. The minimum Gasteiger partial charge on any atom is -0.507 e. The Bertz CT molecular complexity index is 1010. The van der Waals surface area contributed by atoms with E-state index in [-0.39, 0.29) is 17.8 Å². The molecule has 9 heteroatoms. The Morgan fingerprint density at radius 1 is 1.18 bits per heavy atom. The molecule has 0 radical (unpaired) electrons. The van der Waals surface area contributed by atoms with Crippen molar-refractivity contribution in [3.63, 3.8) is 0 Å². The number of halogens is 1. The summed E-state index contributed by atoms with van der Waals surface area (Å²) in [6, 6.07) is 3.32. The van der Waals surface area contributed by atoms with Crippen molar-refractivity contribution in [2.75, 3.05) is 11.9 Å². The fraction of sp³-hybridized carbons (Fsp3) is 0.421. The van der Waals surface area contributed by atoms with Crippen LogP contribution in [0, 0.1) is 0 Å². The topological polar surface area (TPSA) is 100.0 Å². The summed E-state index contributed by atoms with van der Waals surface area (Å²) < 4.78 is 14.8. The lowest BCUT2D eigenvalue weighted by Gasteiger charge is -2.38. The van der Waals surface area contributed by atoms with Crippen LogP contribution in [0.15, 0.2) is 30.9 Å². The summed E-state index contributed by atoms with van der Waals surface area (Å²) in [4.78, 5) is 14.3. The van der Waals surface area contributed by atoms with Crippen molar-refractivity contribution in [3.8, 4) is 17.1 Å². The molecule has 0 amide bonds. The van der Waals surface area contributed by atoms with Gasteiger partial charge in [-0.2, -0.15) is 0 Å². The van der Waals surface area contributed by atoms with E-state index < -0.39 is 6.17 Å². The summed E-state index contributed by atoms with van der Waals surface area (Å²) >= 11 is 0. The van der Waals surface area contributed by atoms with Crippen LogP contribution in [0.4, 0.5) is 10.2 Å².